The normalized spacial score (nSPS) is 11.5. The zero-order valence-electron chi connectivity index (χ0n) is 16.6. The molecule has 0 bridgehead atoms. The summed E-state index contributed by atoms with van der Waals surface area (Å²) < 4.78 is 16.2. The number of hydrogen-bond donors (Lipinski definition) is 2. The zero-order valence-corrected chi connectivity index (χ0v) is 16.6. The predicted octanol–water partition coefficient (Wildman–Crippen LogP) is 2.82. The number of ether oxygens (including phenoxy) is 3. The summed E-state index contributed by atoms with van der Waals surface area (Å²) in [5.41, 5.74) is 7.86. The van der Waals surface area contributed by atoms with Crippen LogP contribution in [0.15, 0.2) is 24.5 Å². The Morgan fingerprint density at radius 1 is 1.14 bits per heavy atom. The largest absolute Gasteiger partial charge is 0.493 e. The van der Waals surface area contributed by atoms with Crippen molar-refractivity contribution < 1.29 is 19.0 Å². The quantitative estimate of drug-likeness (QED) is 0.602. The highest BCUT2D eigenvalue weighted by Crippen LogP contribution is 2.41. The van der Waals surface area contributed by atoms with Crippen molar-refractivity contribution in [3.8, 4) is 28.5 Å². The Morgan fingerprint density at radius 3 is 2.32 bits per heavy atom. The van der Waals surface area contributed by atoms with E-state index in [4.69, 9.17) is 19.9 Å². The number of ketones is 1. The first kappa shape index (κ1) is 19.6. The SMILES string of the molecule is COc1cc(-c2cnc3[nH]cc(C(=O)C(C)(C)CN)c3n2)cc(OC)c1OC. The topological polar surface area (TPSA) is 112 Å². The summed E-state index contributed by atoms with van der Waals surface area (Å²) in [7, 11) is 4.64. The molecule has 0 aliphatic heterocycles. The van der Waals surface area contributed by atoms with Crippen molar-refractivity contribution in [3.63, 3.8) is 0 Å². The molecule has 0 spiro atoms. The molecule has 0 aliphatic rings. The van der Waals surface area contributed by atoms with Gasteiger partial charge in [0.1, 0.15) is 5.52 Å². The Hall–Kier alpha value is -3.13. The van der Waals surface area contributed by atoms with Crippen molar-refractivity contribution in [2.75, 3.05) is 27.9 Å². The summed E-state index contributed by atoms with van der Waals surface area (Å²) in [5, 5.41) is 0. The third kappa shape index (κ3) is 3.27. The van der Waals surface area contributed by atoms with Crippen LogP contribution in [0.2, 0.25) is 0 Å². The van der Waals surface area contributed by atoms with Gasteiger partial charge in [0.05, 0.1) is 38.8 Å². The maximum atomic E-state index is 12.9. The van der Waals surface area contributed by atoms with Gasteiger partial charge >= 0.3 is 0 Å². The number of aromatic nitrogens is 3. The summed E-state index contributed by atoms with van der Waals surface area (Å²) in [5.74, 6) is 1.42. The van der Waals surface area contributed by atoms with Crippen molar-refractivity contribution in [3.05, 3.63) is 30.1 Å². The number of nitrogens with zero attached hydrogens (tertiary/aromatic N) is 2. The second-order valence-electron chi connectivity index (χ2n) is 6.99. The minimum Gasteiger partial charge on any atom is -0.493 e. The summed E-state index contributed by atoms with van der Waals surface area (Å²) in [6, 6.07) is 3.57. The minimum atomic E-state index is -0.695. The molecule has 0 saturated heterocycles. The van der Waals surface area contributed by atoms with E-state index in [1.165, 1.54) is 0 Å². The number of rotatable bonds is 7. The second kappa shape index (κ2) is 7.47. The summed E-state index contributed by atoms with van der Waals surface area (Å²) in [6.07, 6.45) is 3.26. The first-order valence-corrected chi connectivity index (χ1v) is 8.75. The lowest BCUT2D eigenvalue weighted by Gasteiger charge is -2.19. The van der Waals surface area contributed by atoms with Crippen LogP contribution in [0.4, 0.5) is 0 Å². The molecule has 148 valence electrons. The van der Waals surface area contributed by atoms with Crippen molar-refractivity contribution in [2.24, 2.45) is 11.1 Å². The number of methoxy groups -OCH3 is 3. The van der Waals surface area contributed by atoms with Crippen LogP contribution in [0, 0.1) is 5.41 Å². The molecule has 8 heteroatoms. The van der Waals surface area contributed by atoms with Gasteiger partial charge in [-0.05, 0) is 12.1 Å². The predicted molar refractivity (Wildman–Crippen MR) is 106 cm³/mol. The van der Waals surface area contributed by atoms with E-state index in [1.54, 1.807) is 45.9 Å². The monoisotopic (exact) mass is 384 g/mol. The highest BCUT2D eigenvalue weighted by Gasteiger charge is 2.30. The molecule has 0 aliphatic carbocycles. The van der Waals surface area contributed by atoms with Crippen LogP contribution in [-0.2, 0) is 0 Å². The van der Waals surface area contributed by atoms with Crippen LogP contribution in [0.1, 0.15) is 24.2 Å². The van der Waals surface area contributed by atoms with Crippen molar-refractivity contribution in [1.29, 1.82) is 0 Å². The standard InChI is InChI=1S/C20H24N4O4/c1-20(2,10-21)18(25)12-8-22-19-16(12)24-13(9-23-19)11-6-14(26-3)17(28-5)15(7-11)27-4/h6-9H,10,21H2,1-5H3,(H,22,23). The average Bonchev–Trinajstić information content (AvgIpc) is 3.14. The lowest BCUT2D eigenvalue weighted by atomic mass is 9.85. The van der Waals surface area contributed by atoms with Gasteiger partial charge in [-0.25, -0.2) is 9.97 Å². The summed E-state index contributed by atoms with van der Waals surface area (Å²) in [6.45, 7) is 3.85. The molecule has 0 fully saturated rings. The van der Waals surface area contributed by atoms with Crippen molar-refractivity contribution in [1.82, 2.24) is 15.0 Å². The Balaban J connectivity index is 2.15. The molecular formula is C20H24N4O4. The van der Waals surface area contributed by atoms with Gasteiger partial charge in [-0.15, -0.1) is 0 Å². The van der Waals surface area contributed by atoms with Gasteiger partial charge in [-0.3, -0.25) is 4.79 Å². The fourth-order valence-corrected chi connectivity index (χ4v) is 2.89. The van der Waals surface area contributed by atoms with Gasteiger partial charge in [0.2, 0.25) is 5.75 Å². The minimum absolute atomic E-state index is 0.0856. The third-order valence-electron chi connectivity index (χ3n) is 4.71. The van der Waals surface area contributed by atoms with E-state index < -0.39 is 5.41 Å². The third-order valence-corrected chi connectivity index (χ3v) is 4.71. The number of nitrogens with one attached hydrogen (secondary N) is 1. The molecule has 28 heavy (non-hydrogen) atoms. The van der Waals surface area contributed by atoms with Crippen molar-refractivity contribution >= 4 is 16.9 Å². The van der Waals surface area contributed by atoms with Gasteiger partial charge in [0, 0.05) is 23.7 Å². The Kier molecular flexibility index (Phi) is 5.24. The molecule has 3 N–H and O–H groups in total. The van der Waals surface area contributed by atoms with Gasteiger partial charge in [-0.1, -0.05) is 13.8 Å². The number of benzene rings is 1. The number of Topliss-reactive ketones (excluding diaryl/α,β-unsaturated/α-hetero) is 1. The van der Waals surface area contributed by atoms with Gasteiger partial charge < -0.3 is 24.9 Å². The first-order valence-electron chi connectivity index (χ1n) is 8.75. The second-order valence-corrected chi connectivity index (χ2v) is 6.99. The van der Waals surface area contributed by atoms with E-state index in [9.17, 15) is 4.79 Å². The highest BCUT2D eigenvalue weighted by atomic mass is 16.5. The Bertz CT molecular complexity index is 1000. The van der Waals surface area contributed by atoms with Crippen LogP contribution < -0.4 is 19.9 Å². The number of hydrogen-bond acceptors (Lipinski definition) is 7. The zero-order chi connectivity index (χ0) is 20.5. The number of aromatic amines is 1. The molecule has 0 amide bonds. The van der Waals surface area contributed by atoms with Crippen LogP contribution in [-0.4, -0.2) is 48.6 Å². The number of fused-ring (bicyclic) bond motifs is 1. The lowest BCUT2D eigenvalue weighted by molar-refractivity contribution is 0.0849. The first-order chi connectivity index (χ1) is 13.4. The van der Waals surface area contributed by atoms with Crippen LogP contribution in [0.3, 0.4) is 0 Å². The Labute approximate surface area is 163 Å². The molecule has 0 saturated carbocycles. The fraction of sp³-hybridized carbons (Fsp3) is 0.350. The van der Waals surface area contributed by atoms with Crippen LogP contribution in [0.25, 0.3) is 22.4 Å². The molecule has 0 radical (unpaired) electrons. The molecule has 2 heterocycles. The Morgan fingerprint density at radius 2 is 1.79 bits per heavy atom. The summed E-state index contributed by atoms with van der Waals surface area (Å²) >= 11 is 0. The molecule has 3 rings (SSSR count). The highest BCUT2D eigenvalue weighted by molar-refractivity contribution is 6.08. The van der Waals surface area contributed by atoms with Crippen LogP contribution >= 0.6 is 0 Å². The van der Waals surface area contributed by atoms with Crippen LogP contribution in [0.5, 0.6) is 17.2 Å². The molecule has 0 atom stereocenters. The number of H-pyrrole nitrogens is 1. The molecule has 2 aromatic heterocycles. The number of carbonyl (C=O) groups is 1. The average molecular weight is 384 g/mol. The molecule has 8 nitrogen and oxygen atoms in total. The van der Waals surface area contributed by atoms with Crippen molar-refractivity contribution in [2.45, 2.75) is 13.8 Å². The summed E-state index contributed by atoms with van der Waals surface area (Å²) in [4.78, 5) is 25.0. The van der Waals surface area contributed by atoms with E-state index >= 15 is 0 Å². The van der Waals surface area contributed by atoms with Gasteiger partial charge in [-0.2, -0.15) is 0 Å². The maximum absolute atomic E-state index is 12.9. The fourth-order valence-electron chi connectivity index (χ4n) is 2.89. The maximum Gasteiger partial charge on any atom is 0.203 e. The van der Waals surface area contributed by atoms with E-state index in [1.807, 2.05) is 13.8 Å². The van der Waals surface area contributed by atoms with Gasteiger partial charge in [0.25, 0.3) is 0 Å². The van der Waals surface area contributed by atoms with E-state index in [0.717, 1.165) is 5.56 Å². The molecule has 1 aromatic carbocycles. The smallest absolute Gasteiger partial charge is 0.203 e. The van der Waals surface area contributed by atoms with E-state index in [-0.39, 0.29) is 12.3 Å². The van der Waals surface area contributed by atoms with Gasteiger partial charge in [0.15, 0.2) is 22.9 Å². The molecule has 0 unspecified atom stereocenters. The number of nitrogens with two attached hydrogens (primary N) is 1. The number of carbonyl (C=O) groups excluding carboxylic acids is 1. The van der Waals surface area contributed by atoms with E-state index in [2.05, 4.69) is 15.0 Å². The lowest BCUT2D eigenvalue weighted by Crippen LogP contribution is -2.32. The molecular weight excluding hydrogens is 360 g/mol. The van der Waals surface area contributed by atoms with E-state index in [0.29, 0.717) is 39.7 Å². The molecule has 3 aromatic rings.